The zero-order valence-corrected chi connectivity index (χ0v) is 18.4. The van der Waals surface area contributed by atoms with Gasteiger partial charge < -0.3 is 9.84 Å². The van der Waals surface area contributed by atoms with Crippen LogP contribution in [0.2, 0.25) is 0 Å². The molecule has 2 aromatic rings. The van der Waals surface area contributed by atoms with E-state index in [0.717, 1.165) is 41.9 Å². The molecule has 1 aromatic carbocycles. The molecule has 0 spiro atoms. The minimum atomic E-state index is -0.953. The fraction of sp³-hybridized carbons (Fsp3) is 0.522. The summed E-state index contributed by atoms with van der Waals surface area (Å²) in [7, 11) is 0. The second-order valence-corrected chi connectivity index (χ2v) is 9.16. The predicted molar refractivity (Wildman–Crippen MR) is 117 cm³/mol. The normalized spacial score (nSPS) is 16.5. The molecule has 3 rings (SSSR count). The minimum absolute atomic E-state index is 0.0644. The molecule has 0 radical (unpaired) electrons. The number of nitrogens with one attached hydrogen (secondary N) is 1. The van der Waals surface area contributed by atoms with E-state index in [1.54, 1.807) is 0 Å². The van der Waals surface area contributed by atoms with Gasteiger partial charge in [0.2, 0.25) is 0 Å². The van der Waals surface area contributed by atoms with E-state index in [2.05, 4.69) is 10.3 Å². The smallest absolute Gasteiger partial charge is 0.323 e. The molecule has 162 valence electrons. The Morgan fingerprint density at radius 1 is 1.20 bits per heavy atom. The fourth-order valence-corrected chi connectivity index (χ4v) is 4.58. The Balaban J connectivity index is 1.75. The van der Waals surface area contributed by atoms with Gasteiger partial charge in [0.1, 0.15) is 23.2 Å². The van der Waals surface area contributed by atoms with Crippen molar-refractivity contribution in [2.45, 2.75) is 70.6 Å². The van der Waals surface area contributed by atoms with E-state index in [0.29, 0.717) is 12.8 Å². The summed E-state index contributed by atoms with van der Waals surface area (Å²) in [6.45, 7) is 3.94. The highest BCUT2D eigenvalue weighted by Gasteiger charge is 2.31. The van der Waals surface area contributed by atoms with Crippen molar-refractivity contribution in [1.29, 1.82) is 0 Å². The van der Waals surface area contributed by atoms with Gasteiger partial charge in [0.25, 0.3) is 0 Å². The third-order valence-electron chi connectivity index (χ3n) is 5.26. The Labute approximate surface area is 181 Å². The molecule has 0 unspecified atom stereocenters. The van der Waals surface area contributed by atoms with Gasteiger partial charge >= 0.3 is 11.9 Å². The molecule has 1 saturated carbocycles. The first-order chi connectivity index (χ1) is 14.4. The average Bonchev–Trinajstić information content (AvgIpc) is 3.39. The first kappa shape index (κ1) is 22.4. The van der Waals surface area contributed by atoms with E-state index in [-0.39, 0.29) is 18.0 Å². The molecule has 1 aliphatic carbocycles. The van der Waals surface area contributed by atoms with Crippen molar-refractivity contribution in [3.05, 3.63) is 41.4 Å². The maximum atomic E-state index is 12.9. The number of carbonyl (C=O) groups excluding carboxylic acids is 1. The number of nitrogens with zero attached hydrogens (tertiary/aromatic N) is 1. The topological polar surface area (TPSA) is 88.5 Å². The lowest BCUT2D eigenvalue weighted by Gasteiger charge is -2.24. The molecule has 1 aromatic heterocycles. The van der Waals surface area contributed by atoms with Crippen LogP contribution in [0.1, 0.15) is 51.6 Å². The SMILES string of the molecule is CC(C)C[C@H](N[C@@H](Cc1csc(-c2ccccc2)n1)C(=O)OC1CCCC1)C(=O)O. The van der Waals surface area contributed by atoms with Crippen LogP contribution >= 0.6 is 11.3 Å². The zero-order valence-electron chi connectivity index (χ0n) is 17.5. The summed E-state index contributed by atoms with van der Waals surface area (Å²) in [5.41, 5.74) is 1.78. The summed E-state index contributed by atoms with van der Waals surface area (Å²) in [5, 5.41) is 15.5. The predicted octanol–water partition coefficient (Wildman–Crippen LogP) is 4.30. The van der Waals surface area contributed by atoms with Crippen LogP contribution in [0, 0.1) is 5.92 Å². The van der Waals surface area contributed by atoms with Gasteiger partial charge in [-0.1, -0.05) is 44.2 Å². The molecule has 0 amide bonds. The Morgan fingerprint density at radius 3 is 2.53 bits per heavy atom. The van der Waals surface area contributed by atoms with Gasteiger partial charge in [0, 0.05) is 17.4 Å². The number of carbonyl (C=O) groups is 2. The van der Waals surface area contributed by atoms with Crippen molar-refractivity contribution in [1.82, 2.24) is 10.3 Å². The van der Waals surface area contributed by atoms with Gasteiger partial charge in [-0.25, -0.2) is 4.98 Å². The van der Waals surface area contributed by atoms with Gasteiger partial charge in [-0.15, -0.1) is 11.3 Å². The van der Waals surface area contributed by atoms with Crippen LogP contribution in [0.3, 0.4) is 0 Å². The zero-order chi connectivity index (χ0) is 21.5. The fourth-order valence-electron chi connectivity index (χ4n) is 3.74. The molecule has 30 heavy (non-hydrogen) atoms. The molecular weight excluding hydrogens is 400 g/mol. The Bertz CT molecular complexity index is 831. The molecule has 1 aliphatic rings. The lowest BCUT2D eigenvalue weighted by molar-refractivity contribution is -0.152. The van der Waals surface area contributed by atoms with Crippen LogP contribution in [-0.4, -0.2) is 40.2 Å². The molecule has 0 bridgehead atoms. The molecule has 1 fully saturated rings. The number of rotatable bonds is 10. The van der Waals surface area contributed by atoms with Crippen LogP contribution in [-0.2, 0) is 20.7 Å². The Kier molecular flexibility index (Phi) is 7.99. The summed E-state index contributed by atoms with van der Waals surface area (Å²) in [4.78, 5) is 29.3. The highest BCUT2D eigenvalue weighted by molar-refractivity contribution is 7.13. The second kappa shape index (κ2) is 10.7. The maximum absolute atomic E-state index is 12.9. The van der Waals surface area contributed by atoms with E-state index >= 15 is 0 Å². The van der Waals surface area contributed by atoms with E-state index in [9.17, 15) is 14.7 Å². The second-order valence-electron chi connectivity index (χ2n) is 8.30. The van der Waals surface area contributed by atoms with Gasteiger partial charge in [0.15, 0.2) is 0 Å². The van der Waals surface area contributed by atoms with E-state index in [4.69, 9.17) is 4.74 Å². The lowest BCUT2D eigenvalue weighted by atomic mass is 10.0. The molecule has 0 aliphatic heterocycles. The summed E-state index contributed by atoms with van der Waals surface area (Å²) in [6.07, 6.45) is 4.56. The molecule has 2 N–H and O–H groups in total. The number of aromatic nitrogens is 1. The van der Waals surface area contributed by atoms with Crippen molar-refractivity contribution < 1.29 is 19.4 Å². The van der Waals surface area contributed by atoms with Crippen molar-refractivity contribution in [2.24, 2.45) is 5.92 Å². The summed E-state index contributed by atoms with van der Waals surface area (Å²) < 4.78 is 5.70. The lowest BCUT2D eigenvalue weighted by Crippen LogP contribution is -2.50. The van der Waals surface area contributed by atoms with Crippen molar-refractivity contribution >= 4 is 23.3 Å². The number of hydrogen-bond donors (Lipinski definition) is 2. The van der Waals surface area contributed by atoms with Crippen LogP contribution in [0.4, 0.5) is 0 Å². The standard InChI is InChI=1S/C23H30N2O4S/c1-15(2)12-19(22(26)27)25-20(23(28)29-18-10-6-7-11-18)13-17-14-30-21(24-17)16-8-4-3-5-9-16/h3-5,8-9,14-15,18-20,25H,6-7,10-13H2,1-2H3,(H,26,27)/t19-,20-/m0/s1. The van der Waals surface area contributed by atoms with Crippen LogP contribution in [0.5, 0.6) is 0 Å². The minimum Gasteiger partial charge on any atom is -0.480 e. The van der Waals surface area contributed by atoms with Gasteiger partial charge in [-0.2, -0.15) is 0 Å². The van der Waals surface area contributed by atoms with Crippen molar-refractivity contribution in [2.75, 3.05) is 0 Å². The highest BCUT2D eigenvalue weighted by Crippen LogP contribution is 2.25. The largest absolute Gasteiger partial charge is 0.480 e. The third kappa shape index (κ3) is 6.37. The summed E-state index contributed by atoms with van der Waals surface area (Å²) in [6, 6.07) is 8.32. The monoisotopic (exact) mass is 430 g/mol. The highest BCUT2D eigenvalue weighted by atomic mass is 32.1. The first-order valence-electron chi connectivity index (χ1n) is 10.6. The number of carboxylic acids is 1. The van der Waals surface area contributed by atoms with Crippen molar-refractivity contribution in [3.63, 3.8) is 0 Å². The maximum Gasteiger partial charge on any atom is 0.323 e. The quantitative estimate of drug-likeness (QED) is 0.547. The van der Waals surface area contributed by atoms with Crippen molar-refractivity contribution in [3.8, 4) is 10.6 Å². The molecular formula is C23H30N2O4S. The van der Waals surface area contributed by atoms with Gasteiger partial charge in [-0.05, 0) is 38.0 Å². The van der Waals surface area contributed by atoms with E-state index in [1.165, 1.54) is 11.3 Å². The number of ether oxygens (including phenoxy) is 1. The van der Waals surface area contributed by atoms with Crippen LogP contribution in [0.25, 0.3) is 10.6 Å². The average molecular weight is 431 g/mol. The molecule has 7 heteroatoms. The van der Waals surface area contributed by atoms with Crippen LogP contribution in [0.15, 0.2) is 35.7 Å². The van der Waals surface area contributed by atoms with E-state index in [1.807, 2.05) is 49.6 Å². The number of benzene rings is 1. The Hall–Kier alpha value is -2.25. The number of thiazole rings is 1. The summed E-state index contributed by atoms with van der Waals surface area (Å²) >= 11 is 1.52. The Morgan fingerprint density at radius 2 is 1.90 bits per heavy atom. The summed E-state index contributed by atoms with van der Waals surface area (Å²) in [5.74, 6) is -1.15. The molecule has 2 atom stereocenters. The van der Waals surface area contributed by atoms with Crippen LogP contribution < -0.4 is 5.32 Å². The first-order valence-corrected chi connectivity index (χ1v) is 11.5. The molecule has 1 heterocycles. The van der Waals surface area contributed by atoms with Gasteiger partial charge in [-0.3, -0.25) is 14.9 Å². The van der Waals surface area contributed by atoms with E-state index < -0.39 is 18.1 Å². The number of esters is 1. The number of hydrogen-bond acceptors (Lipinski definition) is 6. The third-order valence-corrected chi connectivity index (χ3v) is 6.20. The molecule has 0 saturated heterocycles. The number of aliphatic carboxylic acids is 1. The molecule has 6 nitrogen and oxygen atoms in total. The number of carboxylic acid groups (broad SMARTS) is 1. The van der Waals surface area contributed by atoms with Gasteiger partial charge in [0.05, 0.1) is 5.69 Å².